The third-order valence-corrected chi connectivity index (χ3v) is 2.57. The minimum atomic E-state index is -0.759. The van der Waals surface area contributed by atoms with Crippen LogP contribution in [0.4, 0.5) is 0 Å². The van der Waals surface area contributed by atoms with Gasteiger partial charge in [0.1, 0.15) is 0 Å². The minimum absolute atomic E-state index is 0. The van der Waals surface area contributed by atoms with Crippen molar-refractivity contribution >= 4 is 11.9 Å². The first kappa shape index (κ1) is 22.1. The maximum Gasteiger partial charge on any atom is 1.00 e. The molecule has 0 radical (unpaired) electrons. The Kier molecular flexibility index (Phi) is 18.7. The van der Waals surface area contributed by atoms with Gasteiger partial charge in [-0.2, -0.15) is 0 Å². The molecule has 2 N–H and O–H groups in total. The van der Waals surface area contributed by atoms with Crippen LogP contribution in [-0.4, -0.2) is 48.5 Å². The molecule has 0 saturated carbocycles. The molecule has 1 fully saturated rings. The Balaban J connectivity index is 0. The number of morpholine rings is 1. The van der Waals surface area contributed by atoms with E-state index in [-0.39, 0.29) is 42.4 Å². The third kappa shape index (κ3) is 20.2. The molecule has 1 aliphatic heterocycles. The second-order valence-corrected chi connectivity index (χ2v) is 4.34. The average molecular weight is 297 g/mol. The molecular weight excluding hydrogens is 273 g/mol. The first-order valence-electron chi connectivity index (χ1n) is 6.77. The largest absolute Gasteiger partial charge is 1.00 e. The van der Waals surface area contributed by atoms with Crippen molar-refractivity contribution in [1.82, 2.24) is 0 Å². The summed E-state index contributed by atoms with van der Waals surface area (Å²) in [6.07, 6.45) is 4.53. The van der Waals surface area contributed by atoms with Gasteiger partial charge in [-0.3, -0.25) is 9.59 Å². The molecule has 0 amide bonds. The van der Waals surface area contributed by atoms with Crippen LogP contribution in [0.25, 0.3) is 5.32 Å². The zero-order valence-electron chi connectivity index (χ0n) is 12.3. The van der Waals surface area contributed by atoms with Crippen molar-refractivity contribution in [2.45, 2.75) is 44.9 Å². The van der Waals surface area contributed by atoms with Crippen LogP contribution in [0.3, 0.4) is 0 Å². The van der Waals surface area contributed by atoms with Gasteiger partial charge in [0.05, 0.1) is 0 Å². The molecule has 0 atom stereocenters. The maximum atomic E-state index is 10.1. The van der Waals surface area contributed by atoms with Gasteiger partial charge in [-0.05, 0) is 12.8 Å². The van der Waals surface area contributed by atoms with Gasteiger partial charge in [0.15, 0.2) is 0 Å². The van der Waals surface area contributed by atoms with Gasteiger partial charge < -0.3 is 20.3 Å². The Hall–Kier alpha value is -0.140. The molecule has 0 aromatic heterocycles. The first-order valence-corrected chi connectivity index (χ1v) is 6.77. The fraction of sp³-hybridized carbons (Fsp3) is 0.846. The number of carboxylic acid groups (broad SMARTS) is 2. The molecule has 0 aliphatic carbocycles. The van der Waals surface area contributed by atoms with E-state index >= 15 is 0 Å². The normalized spacial score (nSPS) is 13.6. The quantitative estimate of drug-likeness (QED) is 0.455. The minimum Gasteiger partial charge on any atom is -0.659 e. The molecule has 0 aromatic carbocycles. The van der Waals surface area contributed by atoms with E-state index in [1.54, 1.807) is 0 Å². The van der Waals surface area contributed by atoms with Gasteiger partial charge in [0, 0.05) is 26.1 Å². The maximum absolute atomic E-state index is 10.1. The second-order valence-electron chi connectivity index (χ2n) is 4.34. The zero-order chi connectivity index (χ0) is 14.3. The van der Waals surface area contributed by atoms with Crippen molar-refractivity contribution in [1.29, 1.82) is 0 Å². The summed E-state index contributed by atoms with van der Waals surface area (Å²) >= 11 is 0. The van der Waals surface area contributed by atoms with Crippen LogP contribution in [0.5, 0.6) is 0 Å². The van der Waals surface area contributed by atoms with Crippen molar-refractivity contribution in [3.05, 3.63) is 5.32 Å². The predicted octanol–water partition coefficient (Wildman–Crippen LogP) is -0.719. The summed E-state index contributed by atoms with van der Waals surface area (Å²) in [5.74, 6) is -1.52. The van der Waals surface area contributed by atoms with Gasteiger partial charge in [0.2, 0.25) is 0 Å². The second kappa shape index (κ2) is 16.9. The van der Waals surface area contributed by atoms with Crippen LogP contribution in [0.15, 0.2) is 0 Å². The summed E-state index contributed by atoms with van der Waals surface area (Å²) in [4.78, 5) is 20.2. The number of aliphatic carboxylic acids is 2. The van der Waals surface area contributed by atoms with E-state index in [1.807, 2.05) is 0 Å². The van der Waals surface area contributed by atoms with Crippen LogP contribution in [0, 0.1) is 0 Å². The third-order valence-electron chi connectivity index (χ3n) is 2.57. The van der Waals surface area contributed by atoms with Gasteiger partial charge >= 0.3 is 41.5 Å². The molecule has 112 valence electrons. The van der Waals surface area contributed by atoms with Crippen LogP contribution < -0.4 is 29.6 Å². The van der Waals surface area contributed by atoms with Gasteiger partial charge in [0.25, 0.3) is 0 Å². The summed E-state index contributed by atoms with van der Waals surface area (Å²) in [7, 11) is 0. The molecule has 0 unspecified atom stereocenters. The summed E-state index contributed by atoms with van der Waals surface area (Å²) in [6.45, 7) is 3.47. The summed E-state index contributed by atoms with van der Waals surface area (Å²) in [6, 6.07) is 0. The fourth-order valence-corrected chi connectivity index (χ4v) is 1.55. The molecule has 7 heteroatoms. The number of hydrogen-bond donors (Lipinski definition) is 2. The van der Waals surface area contributed by atoms with E-state index in [9.17, 15) is 9.59 Å². The predicted molar refractivity (Wildman–Crippen MR) is 71.5 cm³/mol. The molecule has 20 heavy (non-hydrogen) atoms. The van der Waals surface area contributed by atoms with E-state index in [2.05, 4.69) is 5.32 Å². The average Bonchev–Trinajstić information content (AvgIpc) is 2.40. The first-order chi connectivity index (χ1) is 9.13. The number of hydrogen-bond acceptors (Lipinski definition) is 3. The van der Waals surface area contributed by atoms with Crippen LogP contribution in [-0.2, 0) is 14.3 Å². The van der Waals surface area contributed by atoms with Crippen molar-refractivity contribution in [3.63, 3.8) is 0 Å². The summed E-state index contributed by atoms with van der Waals surface area (Å²) in [5.41, 5.74) is 0. The molecule has 6 nitrogen and oxygen atoms in total. The van der Waals surface area contributed by atoms with Crippen molar-refractivity contribution in [2.75, 3.05) is 26.3 Å². The molecular formula is C13H24NNaO5. The number of rotatable bonds is 8. The van der Waals surface area contributed by atoms with Gasteiger partial charge in [-0.1, -0.05) is 19.3 Å². The zero-order valence-corrected chi connectivity index (χ0v) is 14.3. The van der Waals surface area contributed by atoms with E-state index in [4.69, 9.17) is 14.9 Å². The SMILES string of the molecule is C1COCC[N-]1.O=C(O)CCCCCCCC(=O)O.[Na+]. The Morgan fingerprint density at radius 3 is 1.50 bits per heavy atom. The van der Waals surface area contributed by atoms with Crippen LogP contribution >= 0.6 is 0 Å². The van der Waals surface area contributed by atoms with Gasteiger partial charge in [-0.15, -0.1) is 13.1 Å². The van der Waals surface area contributed by atoms with E-state index in [0.717, 1.165) is 45.6 Å². The van der Waals surface area contributed by atoms with Crippen molar-refractivity contribution < 1.29 is 54.1 Å². The number of nitrogens with zero attached hydrogens (tertiary/aromatic N) is 1. The van der Waals surface area contributed by atoms with E-state index < -0.39 is 11.9 Å². The Morgan fingerprint density at radius 1 is 0.850 bits per heavy atom. The number of carboxylic acids is 2. The van der Waals surface area contributed by atoms with E-state index in [1.165, 1.54) is 0 Å². The van der Waals surface area contributed by atoms with Crippen LogP contribution in [0.2, 0.25) is 0 Å². The molecule has 1 rings (SSSR count). The topological polar surface area (TPSA) is 97.9 Å². The molecule has 1 aliphatic rings. The van der Waals surface area contributed by atoms with E-state index in [0.29, 0.717) is 12.8 Å². The number of ether oxygens (including phenoxy) is 1. The number of carbonyl (C=O) groups is 2. The van der Waals surface area contributed by atoms with Crippen molar-refractivity contribution in [3.8, 4) is 0 Å². The summed E-state index contributed by atoms with van der Waals surface area (Å²) in [5, 5.41) is 20.7. The van der Waals surface area contributed by atoms with Crippen LogP contribution in [0.1, 0.15) is 44.9 Å². The molecule has 1 saturated heterocycles. The molecule has 0 aromatic rings. The van der Waals surface area contributed by atoms with Gasteiger partial charge in [-0.25, -0.2) is 0 Å². The summed E-state index contributed by atoms with van der Waals surface area (Å²) < 4.78 is 4.98. The Morgan fingerprint density at radius 2 is 1.25 bits per heavy atom. The number of unbranched alkanes of at least 4 members (excludes halogenated alkanes) is 4. The smallest absolute Gasteiger partial charge is 0.659 e. The Bertz CT molecular complexity index is 217. The Labute approximate surface area is 142 Å². The molecule has 1 heterocycles. The van der Waals surface area contributed by atoms with Crippen molar-refractivity contribution in [2.24, 2.45) is 0 Å². The standard InChI is InChI=1S/C9H16O4.C4H8NO.Na/c10-8(11)6-4-2-1-3-5-7-9(12)13;1-3-6-4-2-5-1;/h1-7H2,(H,10,11)(H,12,13);1-4H2;/q;-1;+1. The molecule has 0 spiro atoms. The monoisotopic (exact) mass is 297 g/mol. The fourth-order valence-electron chi connectivity index (χ4n) is 1.55. The molecule has 0 bridgehead atoms.